The lowest BCUT2D eigenvalue weighted by molar-refractivity contribution is 0.668. The number of benzene rings is 9. The van der Waals surface area contributed by atoms with E-state index in [2.05, 4.69) is 181 Å². The van der Waals surface area contributed by atoms with Crippen molar-refractivity contribution >= 4 is 92.4 Å². The van der Waals surface area contributed by atoms with Crippen LogP contribution in [0.3, 0.4) is 0 Å². The Bertz CT molecular complexity index is 3120. The monoisotopic (exact) mass is 759 g/mol. The Morgan fingerprint density at radius 2 is 0.638 bits per heavy atom. The number of hydrogen-bond acceptors (Lipinski definition) is 4. The number of nitrogens with zero attached hydrogens (tertiary/aromatic N) is 1. The number of fused-ring (bicyclic) bond motifs is 9. The van der Waals surface area contributed by atoms with Crippen LogP contribution >= 0.6 is 11.3 Å². The Labute approximate surface area is 338 Å². The van der Waals surface area contributed by atoms with Crippen LogP contribution in [0.25, 0.3) is 97.4 Å². The van der Waals surface area contributed by atoms with Crippen molar-refractivity contribution in [1.82, 2.24) is 0 Å². The first kappa shape index (κ1) is 32.8. The Morgan fingerprint density at radius 1 is 0.276 bits per heavy atom. The molecule has 3 aromatic heterocycles. The molecule has 0 saturated heterocycles. The van der Waals surface area contributed by atoms with Crippen LogP contribution in [-0.2, 0) is 0 Å². The Morgan fingerprint density at radius 3 is 1.14 bits per heavy atom. The molecule has 0 atom stereocenters. The minimum Gasteiger partial charge on any atom is -0.456 e. The predicted molar refractivity (Wildman–Crippen MR) is 245 cm³/mol. The van der Waals surface area contributed by atoms with Crippen molar-refractivity contribution in [3.05, 3.63) is 200 Å². The van der Waals surface area contributed by atoms with Gasteiger partial charge in [0.05, 0.1) is 0 Å². The summed E-state index contributed by atoms with van der Waals surface area (Å²) >= 11 is 1.85. The molecule has 0 fully saturated rings. The molecule has 0 bridgehead atoms. The van der Waals surface area contributed by atoms with Crippen LogP contribution in [0.1, 0.15) is 0 Å². The second kappa shape index (κ2) is 13.1. The molecule has 12 rings (SSSR count). The smallest absolute Gasteiger partial charge is 0.135 e. The maximum Gasteiger partial charge on any atom is 0.135 e. The molecule has 0 aliphatic heterocycles. The minimum atomic E-state index is 0.904. The molecule has 0 unspecified atom stereocenters. The quantitative estimate of drug-likeness (QED) is 0.169. The third-order valence-electron chi connectivity index (χ3n) is 11.5. The summed E-state index contributed by atoms with van der Waals surface area (Å²) < 4.78 is 14.9. The third kappa shape index (κ3) is 5.42. The van der Waals surface area contributed by atoms with Gasteiger partial charge in [0, 0.05) is 58.8 Å². The molecule has 12 aromatic rings. The van der Waals surface area contributed by atoms with Gasteiger partial charge in [-0.1, -0.05) is 109 Å². The average molecular weight is 760 g/mol. The molecule has 0 radical (unpaired) electrons. The lowest BCUT2D eigenvalue weighted by Gasteiger charge is -2.26. The van der Waals surface area contributed by atoms with E-state index in [1.165, 1.54) is 31.3 Å². The second-order valence-electron chi connectivity index (χ2n) is 14.9. The molecule has 0 aliphatic carbocycles. The standard InChI is InChI=1S/C54H33NO2S/c1-4-10-49-43(7-1)46-31-37(19-28-51(46)56-49)34-13-22-40(23-14-34)55(41-24-15-35(16-25-41)38-20-29-52-47(32-38)44-8-2-5-11-50(44)57-52)42-26-17-36(18-27-42)39-21-30-54-48(33-39)45-9-3-6-12-53(45)58-54/h1-33H. The summed E-state index contributed by atoms with van der Waals surface area (Å²) in [6.45, 7) is 0. The van der Waals surface area contributed by atoms with E-state index in [0.717, 1.165) is 83.2 Å². The zero-order chi connectivity index (χ0) is 38.2. The molecule has 0 spiro atoms. The topological polar surface area (TPSA) is 29.5 Å². The molecule has 0 amide bonds. The molecular weight excluding hydrogens is 727 g/mol. The SMILES string of the molecule is c1ccc2c(c1)oc1ccc(-c3ccc(N(c4ccc(-c5ccc6oc7ccccc7c6c5)cc4)c4ccc(-c5ccc6sc7ccccc7c6c5)cc4)cc3)cc12. The first-order chi connectivity index (χ1) is 28.7. The number of anilines is 3. The van der Waals surface area contributed by atoms with E-state index in [0.29, 0.717) is 0 Å². The van der Waals surface area contributed by atoms with E-state index >= 15 is 0 Å². The van der Waals surface area contributed by atoms with Crippen molar-refractivity contribution in [1.29, 1.82) is 0 Å². The lowest BCUT2D eigenvalue weighted by atomic mass is 10.0. The second-order valence-corrected chi connectivity index (χ2v) is 16.0. The van der Waals surface area contributed by atoms with Gasteiger partial charge in [-0.25, -0.2) is 0 Å². The molecule has 3 heterocycles. The largest absolute Gasteiger partial charge is 0.456 e. The normalized spacial score (nSPS) is 11.8. The zero-order valence-electron chi connectivity index (χ0n) is 31.2. The van der Waals surface area contributed by atoms with Gasteiger partial charge in [-0.15, -0.1) is 11.3 Å². The first-order valence-electron chi connectivity index (χ1n) is 19.6. The summed E-state index contributed by atoms with van der Waals surface area (Å²) in [7, 11) is 0. The summed E-state index contributed by atoms with van der Waals surface area (Å²) in [5.41, 5.74) is 13.9. The van der Waals surface area contributed by atoms with Gasteiger partial charge in [-0.3, -0.25) is 0 Å². The van der Waals surface area contributed by atoms with Gasteiger partial charge in [-0.05, 0) is 124 Å². The molecule has 0 saturated carbocycles. The van der Waals surface area contributed by atoms with Crippen LogP contribution in [0.15, 0.2) is 209 Å². The fraction of sp³-hybridized carbons (Fsp3) is 0. The number of para-hydroxylation sites is 2. The lowest BCUT2D eigenvalue weighted by Crippen LogP contribution is -2.09. The first-order valence-corrected chi connectivity index (χ1v) is 20.4. The van der Waals surface area contributed by atoms with Crippen molar-refractivity contribution in [3.63, 3.8) is 0 Å². The highest BCUT2D eigenvalue weighted by Crippen LogP contribution is 2.41. The van der Waals surface area contributed by atoms with Crippen LogP contribution in [-0.4, -0.2) is 0 Å². The van der Waals surface area contributed by atoms with Gasteiger partial charge in [0.2, 0.25) is 0 Å². The van der Waals surface area contributed by atoms with Crippen LogP contribution < -0.4 is 4.90 Å². The maximum absolute atomic E-state index is 6.12. The Kier molecular flexibility index (Phi) is 7.40. The van der Waals surface area contributed by atoms with Gasteiger partial charge in [0.1, 0.15) is 22.3 Å². The van der Waals surface area contributed by atoms with Gasteiger partial charge in [0.25, 0.3) is 0 Å². The maximum atomic E-state index is 6.12. The zero-order valence-corrected chi connectivity index (χ0v) is 32.0. The summed E-state index contributed by atoms with van der Waals surface area (Å²) in [6, 6.07) is 71.7. The van der Waals surface area contributed by atoms with Gasteiger partial charge < -0.3 is 13.7 Å². The predicted octanol–water partition coefficient (Wildman–Crippen LogP) is 16.3. The third-order valence-corrected chi connectivity index (χ3v) is 12.7. The highest BCUT2D eigenvalue weighted by atomic mass is 32.1. The minimum absolute atomic E-state index is 0.904. The van der Waals surface area contributed by atoms with E-state index < -0.39 is 0 Å². The number of rotatable bonds is 6. The molecular formula is C54H33NO2S. The number of thiophene rings is 1. The molecule has 4 heteroatoms. The molecule has 9 aromatic carbocycles. The van der Waals surface area contributed by atoms with Crippen molar-refractivity contribution in [2.45, 2.75) is 0 Å². The molecule has 0 N–H and O–H groups in total. The average Bonchev–Trinajstić information content (AvgIpc) is 3.98. The van der Waals surface area contributed by atoms with Crippen LogP contribution in [0, 0.1) is 0 Å². The highest BCUT2D eigenvalue weighted by Gasteiger charge is 2.16. The summed E-state index contributed by atoms with van der Waals surface area (Å²) in [5, 5.41) is 7.15. The van der Waals surface area contributed by atoms with Gasteiger partial charge in [-0.2, -0.15) is 0 Å². The van der Waals surface area contributed by atoms with Crippen molar-refractivity contribution in [2.24, 2.45) is 0 Å². The summed E-state index contributed by atoms with van der Waals surface area (Å²) in [4.78, 5) is 2.34. The molecule has 58 heavy (non-hydrogen) atoms. The van der Waals surface area contributed by atoms with E-state index in [1.807, 2.05) is 35.6 Å². The van der Waals surface area contributed by atoms with E-state index in [-0.39, 0.29) is 0 Å². The Balaban J connectivity index is 0.923. The fourth-order valence-corrected chi connectivity index (χ4v) is 9.66. The summed E-state index contributed by atoms with van der Waals surface area (Å²) in [6.07, 6.45) is 0. The Hall–Kier alpha value is -7.40. The molecule has 272 valence electrons. The number of hydrogen-bond donors (Lipinski definition) is 0. The van der Waals surface area contributed by atoms with Gasteiger partial charge >= 0.3 is 0 Å². The van der Waals surface area contributed by atoms with E-state index in [9.17, 15) is 0 Å². The van der Waals surface area contributed by atoms with Crippen LogP contribution in [0.5, 0.6) is 0 Å². The molecule has 3 nitrogen and oxygen atoms in total. The van der Waals surface area contributed by atoms with E-state index in [4.69, 9.17) is 8.83 Å². The fourth-order valence-electron chi connectivity index (χ4n) is 8.57. The highest BCUT2D eigenvalue weighted by molar-refractivity contribution is 7.25. The van der Waals surface area contributed by atoms with Crippen molar-refractivity contribution in [3.8, 4) is 33.4 Å². The van der Waals surface area contributed by atoms with Crippen LogP contribution in [0.4, 0.5) is 17.1 Å². The molecule has 0 aliphatic rings. The summed E-state index contributed by atoms with van der Waals surface area (Å²) in [5.74, 6) is 0. The van der Waals surface area contributed by atoms with Crippen molar-refractivity contribution in [2.75, 3.05) is 4.90 Å². The number of furan rings is 2. The van der Waals surface area contributed by atoms with Crippen molar-refractivity contribution < 1.29 is 8.83 Å². The van der Waals surface area contributed by atoms with E-state index in [1.54, 1.807) is 0 Å². The van der Waals surface area contributed by atoms with Gasteiger partial charge in [0.15, 0.2) is 0 Å². The van der Waals surface area contributed by atoms with Crippen LogP contribution in [0.2, 0.25) is 0 Å².